The third kappa shape index (κ3) is 10.8. The smallest absolute Gasteiger partial charge is 0.353 e. The summed E-state index contributed by atoms with van der Waals surface area (Å²) in [6, 6.07) is 9.46. The highest BCUT2D eigenvalue weighted by atomic mass is 35.5. The van der Waals surface area contributed by atoms with Gasteiger partial charge in [-0.15, -0.1) is 12.6 Å². The summed E-state index contributed by atoms with van der Waals surface area (Å²) in [5.41, 5.74) is -0.0156. The molecule has 0 saturated heterocycles. The van der Waals surface area contributed by atoms with Crippen LogP contribution in [-0.4, -0.2) is 70.7 Å². The molecule has 0 atom stereocenters. The first-order valence-corrected chi connectivity index (χ1v) is 14.4. The lowest BCUT2D eigenvalue weighted by molar-refractivity contribution is -0.384. The van der Waals surface area contributed by atoms with Crippen LogP contribution in [0.3, 0.4) is 0 Å². The summed E-state index contributed by atoms with van der Waals surface area (Å²) in [5, 5.41) is 16.4. The first-order chi connectivity index (χ1) is 18.0. The van der Waals surface area contributed by atoms with Crippen molar-refractivity contribution in [2.45, 2.75) is 11.3 Å². The Hall–Kier alpha value is -3.82. The molecule has 0 aliphatic rings. The van der Waals surface area contributed by atoms with Crippen molar-refractivity contribution >= 4 is 65.7 Å². The van der Waals surface area contributed by atoms with Crippen LogP contribution in [0.15, 0.2) is 47.4 Å². The van der Waals surface area contributed by atoms with Gasteiger partial charge in [-0.1, -0.05) is 29.8 Å². The van der Waals surface area contributed by atoms with Gasteiger partial charge >= 0.3 is 10.6 Å². The van der Waals surface area contributed by atoms with Crippen molar-refractivity contribution in [1.29, 1.82) is 0 Å². The molecule has 39 heavy (non-hydrogen) atoms. The zero-order valence-corrected chi connectivity index (χ0v) is 22.3. The van der Waals surface area contributed by atoms with Gasteiger partial charge in [0.15, 0.2) is 0 Å². The minimum atomic E-state index is -4.54. The standard InChI is InChI=1S/C18H17ClN6O8S2.O3S/c19-13-6-5-12(10-14(13)25(26)27)21-18-23-16(22-17(24-18)20-7-8-34(28,29)30)9-11-3-1-2-4-15(11)35(31,32)33;1-4(2)3/h1-6,10H,7-9H2,(H,28,29,30)(H,31,32,33)(H2,20,21,22,23,24);. The predicted octanol–water partition coefficient (Wildman–Crippen LogP) is 1.31. The van der Waals surface area contributed by atoms with Crippen LogP contribution >= 0.6 is 11.6 Å². The number of rotatable bonds is 10. The van der Waals surface area contributed by atoms with Crippen LogP contribution in [0.2, 0.25) is 5.02 Å². The van der Waals surface area contributed by atoms with Gasteiger partial charge in [-0.25, -0.2) is 0 Å². The largest absolute Gasteiger partial charge is 0.425 e. The van der Waals surface area contributed by atoms with E-state index in [1.807, 2.05) is 0 Å². The zero-order valence-electron chi connectivity index (χ0n) is 19.1. The highest BCUT2D eigenvalue weighted by Gasteiger charge is 2.18. The van der Waals surface area contributed by atoms with Crippen molar-refractivity contribution < 1.29 is 43.5 Å². The van der Waals surface area contributed by atoms with Crippen molar-refractivity contribution in [3.63, 3.8) is 0 Å². The van der Waals surface area contributed by atoms with Crippen LogP contribution in [-0.2, 0) is 37.3 Å². The quantitative estimate of drug-likeness (QED) is 0.141. The molecule has 1 heterocycles. The molecule has 3 aromatic rings. The molecule has 0 aliphatic carbocycles. The molecule has 210 valence electrons. The van der Waals surface area contributed by atoms with E-state index < -0.39 is 41.5 Å². The van der Waals surface area contributed by atoms with Gasteiger partial charge in [-0.2, -0.15) is 31.8 Å². The van der Waals surface area contributed by atoms with E-state index in [9.17, 15) is 31.5 Å². The maximum Gasteiger partial charge on any atom is 0.425 e. The molecule has 17 nitrogen and oxygen atoms in total. The maximum absolute atomic E-state index is 11.7. The third-order valence-electron chi connectivity index (χ3n) is 4.32. The number of nitro groups is 1. The summed E-state index contributed by atoms with van der Waals surface area (Å²) in [6.07, 6.45) is -0.180. The van der Waals surface area contributed by atoms with E-state index in [2.05, 4.69) is 25.6 Å². The maximum atomic E-state index is 11.7. The molecule has 0 aliphatic heterocycles. The highest BCUT2D eigenvalue weighted by molar-refractivity contribution is 7.86. The molecule has 0 unspecified atom stereocenters. The van der Waals surface area contributed by atoms with Gasteiger partial charge in [0.2, 0.25) is 11.9 Å². The number of benzene rings is 2. The second kappa shape index (κ2) is 13.3. The molecule has 0 fully saturated rings. The molecule has 0 radical (unpaired) electrons. The molecule has 0 saturated carbocycles. The van der Waals surface area contributed by atoms with Gasteiger partial charge in [-0.3, -0.25) is 19.2 Å². The number of hydrogen-bond donors (Lipinski definition) is 4. The normalized spacial score (nSPS) is 11.2. The van der Waals surface area contributed by atoms with E-state index in [1.165, 1.54) is 30.3 Å². The topological polar surface area (TPSA) is 266 Å². The number of halogens is 1. The Morgan fingerprint density at radius 2 is 1.59 bits per heavy atom. The van der Waals surface area contributed by atoms with Crippen LogP contribution < -0.4 is 10.6 Å². The minimum absolute atomic E-state index is 0.0106. The molecular weight excluding hydrogens is 608 g/mol. The zero-order chi connectivity index (χ0) is 29.4. The Kier molecular flexibility index (Phi) is 10.7. The van der Waals surface area contributed by atoms with Crippen molar-refractivity contribution in [2.24, 2.45) is 0 Å². The van der Waals surface area contributed by atoms with Gasteiger partial charge in [0.05, 0.1) is 15.6 Å². The van der Waals surface area contributed by atoms with E-state index in [1.54, 1.807) is 6.07 Å². The average molecular weight is 625 g/mol. The number of hydrogen-bond acceptors (Lipinski definition) is 14. The summed E-state index contributed by atoms with van der Waals surface area (Å²) >= 11 is 5.82. The highest BCUT2D eigenvalue weighted by Crippen LogP contribution is 2.28. The second-order valence-corrected chi connectivity index (χ2v) is 10.9. The molecule has 0 amide bonds. The van der Waals surface area contributed by atoms with Crippen LogP contribution in [0.1, 0.15) is 11.4 Å². The van der Waals surface area contributed by atoms with Gasteiger partial charge < -0.3 is 10.6 Å². The number of nitro benzene ring substituents is 1. The van der Waals surface area contributed by atoms with Gasteiger partial charge in [0.25, 0.3) is 25.9 Å². The van der Waals surface area contributed by atoms with Crippen LogP contribution in [0.25, 0.3) is 0 Å². The SMILES string of the molecule is O=S(=O)=O.O=[N+]([O-])c1cc(Nc2nc(Cc3ccccc3S(=O)(=O)O)nc(NCCS(=O)(=O)O)n2)ccc1Cl. The summed E-state index contributed by atoms with van der Waals surface area (Å²) in [5.74, 6) is -0.887. The third-order valence-corrected chi connectivity index (χ3v) is 6.32. The van der Waals surface area contributed by atoms with E-state index in [4.69, 9.17) is 28.8 Å². The van der Waals surface area contributed by atoms with Crippen LogP contribution in [0, 0.1) is 10.1 Å². The monoisotopic (exact) mass is 624 g/mol. The van der Waals surface area contributed by atoms with Crippen molar-refractivity contribution in [3.8, 4) is 0 Å². The van der Waals surface area contributed by atoms with Crippen LogP contribution in [0.4, 0.5) is 23.3 Å². The van der Waals surface area contributed by atoms with E-state index >= 15 is 0 Å². The van der Waals surface area contributed by atoms with Crippen molar-refractivity contribution in [3.05, 3.63) is 69.0 Å². The molecular formula is C18H17ClN6O11S3. The minimum Gasteiger partial charge on any atom is -0.353 e. The molecule has 0 bridgehead atoms. The molecule has 3 rings (SSSR count). The lowest BCUT2D eigenvalue weighted by Crippen LogP contribution is -2.17. The molecule has 1 aromatic heterocycles. The van der Waals surface area contributed by atoms with Crippen LogP contribution in [0.5, 0.6) is 0 Å². The number of anilines is 3. The Labute approximate surface area is 227 Å². The summed E-state index contributed by atoms with van der Waals surface area (Å²) < 4.78 is 89.1. The Bertz CT molecular complexity index is 1700. The molecule has 4 N–H and O–H groups in total. The molecule has 2 aromatic carbocycles. The number of nitrogens with one attached hydrogen (secondary N) is 2. The fraction of sp³-hybridized carbons (Fsp3) is 0.167. The summed E-state index contributed by atoms with van der Waals surface area (Å²) in [6.45, 7) is -0.268. The first-order valence-electron chi connectivity index (χ1n) is 10.0. The van der Waals surface area contributed by atoms with E-state index in [-0.39, 0.29) is 57.5 Å². The molecule has 21 heteroatoms. The predicted molar refractivity (Wildman–Crippen MR) is 135 cm³/mol. The number of nitrogens with zero attached hydrogens (tertiary/aromatic N) is 4. The molecule has 0 spiro atoms. The summed E-state index contributed by atoms with van der Waals surface area (Å²) in [7, 11) is -11.9. The number of aromatic nitrogens is 3. The van der Waals surface area contributed by atoms with E-state index in [0.29, 0.717) is 0 Å². The Morgan fingerprint density at radius 3 is 2.18 bits per heavy atom. The fourth-order valence-corrected chi connectivity index (χ4v) is 4.13. The lowest BCUT2D eigenvalue weighted by Gasteiger charge is -2.11. The van der Waals surface area contributed by atoms with Gasteiger partial charge in [0, 0.05) is 24.7 Å². The van der Waals surface area contributed by atoms with Crippen molar-refractivity contribution in [2.75, 3.05) is 22.9 Å². The fourth-order valence-electron chi connectivity index (χ4n) is 2.86. The Morgan fingerprint density at radius 1 is 0.974 bits per heavy atom. The second-order valence-electron chi connectivity index (χ2n) is 7.12. The summed E-state index contributed by atoms with van der Waals surface area (Å²) in [4.78, 5) is 22.5. The van der Waals surface area contributed by atoms with Crippen molar-refractivity contribution in [1.82, 2.24) is 15.0 Å². The van der Waals surface area contributed by atoms with Gasteiger partial charge in [-0.05, 0) is 23.8 Å². The first kappa shape index (κ1) is 31.4. The van der Waals surface area contributed by atoms with Gasteiger partial charge in [0.1, 0.15) is 10.8 Å². The lowest BCUT2D eigenvalue weighted by atomic mass is 10.1. The Balaban J connectivity index is 0.00000124. The van der Waals surface area contributed by atoms with E-state index in [0.717, 1.165) is 6.07 Å². The average Bonchev–Trinajstić information content (AvgIpc) is 2.78.